The highest BCUT2D eigenvalue weighted by Crippen LogP contribution is 2.44. The first-order valence-electron chi connectivity index (χ1n) is 10.4. The maximum Gasteiger partial charge on any atom is 0.115 e. The van der Waals surface area contributed by atoms with E-state index in [0.29, 0.717) is 12.8 Å². The van der Waals surface area contributed by atoms with Gasteiger partial charge in [-0.2, -0.15) is 0 Å². The van der Waals surface area contributed by atoms with Crippen LogP contribution in [0.15, 0.2) is 95.2 Å². The summed E-state index contributed by atoms with van der Waals surface area (Å²) in [6.07, 6.45) is 4.82. The van der Waals surface area contributed by atoms with Crippen molar-refractivity contribution in [3.8, 4) is 22.3 Å². The van der Waals surface area contributed by atoms with E-state index >= 15 is 0 Å². The summed E-state index contributed by atoms with van der Waals surface area (Å²) in [5.74, 6) is 0. The monoisotopic (exact) mass is 460 g/mol. The number of aliphatic hydroxyl groups excluding tert-OH is 2. The van der Waals surface area contributed by atoms with E-state index in [-0.39, 0.29) is 13.2 Å². The Morgan fingerprint density at radius 3 is 1.38 bits per heavy atom. The molecule has 2 aromatic carbocycles. The molecule has 0 aliphatic rings. The molecular formula is C26H24N2O2S2. The molecule has 0 atom stereocenters. The van der Waals surface area contributed by atoms with Crippen LogP contribution in [0.4, 0.5) is 0 Å². The number of nitrogens with zero attached hydrogens (tertiary/aromatic N) is 2. The third-order valence-electron chi connectivity index (χ3n) is 5.12. The topological polar surface area (TPSA) is 66.2 Å². The smallest absolute Gasteiger partial charge is 0.115 e. The van der Waals surface area contributed by atoms with Crippen molar-refractivity contribution in [3.05, 3.63) is 96.3 Å². The summed E-state index contributed by atoms with van der Waals surface area (Å²) >= 11 is 0. The molecule has 2 aromatic heterocycles. The van der Waals surface area contributed by atoms with Crippen LogP contribution >= 0.6 is 21.6 Å². The van der Waals surface area contributed by atoms with Gasteiger partial charge < -0.3 is 10.2 Å². The average Bonchev–Trinajstić information content (AvgIpc) is 2.84. The van der Waals surface area contributed by atoms with Crippen LogP contribution in [0.2, 0.25) is 0 Å². The predicted octanol–water partition coefficient (Wildman–Crippen LogP) is 5.68. The van der Waals surface area contributed by atoms with Crippen molar-refractivity contribution in [1.29, 1.82) is 0 Å². The van der Waals surface area contributed by atoms with Crippen molar-refractivity contribution in [1.82, 2.24) is 9.97 Å². The summed E-state index contributed by atoms with van der Waals surface area (Å²) in [6.45, 7) is 0.220. The number of rotatable bonds is 9. The van der Waals surface area contributed by atoms with Crippen molar-refractivity contribution in [2.75, 3.05) is 13.2 Å². The molecule has 2 N–H and O–H groups in total. The molecule has 0 saturated carbocycles. The molecule has 6 heteroatoms. The molecule has 32 heavy (non-hydrogen) atoms. The van der Waals surface area contributed by atoms with Gasteiger partial charge in [0.15, 0.2) is 0 Å². The molecule has 4 nitrogen and oxygen atoms in total. The van der Waals surface area contributed by atoms with Gasteiger partial charge in [0.25, 0.3) is 0 Å². The molecule has 4 rings (SSSR count). The summed E-state index contributed by atoms with van der Waals surface area (Å²) < 4.78 is 0. The molecule has 0 spiro atoms. The fourth-order valence-corrected chi connectivity index (χ4v) is 5.82. The minimum atomic E-state index is 0.110. The Labute approximate surface area is 196 Å². The molecule has 0 saturated heterocycles. The normalized spacial score (nSPS) is 10.9. The van der Waals surface area contributed by atoms with Crippen molar-refractivity contribution < 1.29 is 10.2 Å². The lowest BCUT2D eigenvalue weighted by molar-refractivity contribution is 0.299. The molecule has 0 fully saturated rings. The summed E-state index contributed by atoms with van der Waals surface area (Å²) in [5, 5.41) is 20.7. The van der Waals surface area contributed by atoms with Gasteiger partial charge in [-0.15, -0.1) is 0 Å². The zero-order chi connectivity index (χ0) is 22.2. The average molecular weight is 461 g/mol. The maximum absolute atomic E-state index is 9.46. The molecule has 4 aromatic rings. The van der Waals surface area contributed by atoms with Crippen molar-refractivity contribution in [3.63, 3.8) is 0 Å². The summed E-state index contributed by atoms with van der Waals surface area (Å²) in [7, 11) is 3.16. The highest BCUT2D eigenvalue weighted by molar-refractivity contribution is 8.76. The van der Waals surface area contributed by atoms with E-state index in [1.54, 1.807) is 34.0 Å². The highest BCUT2D eigenvalue weighted by Gasteiger charge is 2.15. The Kier molecular flexibility index (Phi) is 7.96. The molecule has 0 radical (unpaired) electrons. The molecule has 2 heterocycles. The van der Waals surface area contributed by atoms with E-state index in [2.05, 4.69) is 46.4 Å². The van der Waals surface area contributed by atoms with Gasteiger partial charge in [0, 0.05) is 36.7 Å². The lowest BCUT2D eigenvalue weighted by Gasteiger charge is -2.14. The van der Waals surface area contributed by atoms with E-state index in [0.717, 1.165) is 43.4 Å². The van der Waals surface area contributed by atoms with Crippen molar-refractivity contribution in [2.24, 2.45) is 0 Å². The third-order valence-corrected chi connectivity index (χ3v) is 7.37. The Balaban J connectivity index is 1.65. The summed E-state index contributed by atoms with van der Waals surface area (Å²) in [5.41, 5.74) is 6.48. The summed E-state index contributed by atoms with van der Waals surface area (Å²) in [4.78, 5) is 9.28. The first-order chi connectivity index (χ1) is 15.8. The van der Waals surface area contributed by atoms with E-state index in [4.69, 9.17) is 0 Å². The van der Waals surface area contributed by atoms with Gasteiger partial charge in [-0.1, -0.05) is 60.7 Å². The van der Waals surface area contributed by atoms with Gasteiger partial charge >= 0.3 is 0 Å². The van der Waals surface area contributed by atoms with Crippen LogP contribution < -0.4 is 0 Å². The third kappa shape index (κ3) is 5.22. The lowest BCUT2D eigenvalue weighted by Crippen LogP contribution is -1.96. The maximum atomic E-state index is 9.46. The first kappa shape index (κ1) is 22.6. The van der Waals surface area contributed by atoms with Crippen molar-refractivity contribution >= 4 is 21.6 Å². The largest absolute Gasteiger partial charge is 0.396 e. The van der Waals surface area contributed by atoms with Crippen LogP contribution in [0.5, 0.6) is 0 Å². The zero-order valence-corrected chi connectivity index (χ0v) is 19.1. The second kappa shape index (κ2) is 11.3. The minimum Gasteiger partial charge on any atom is -0.396 e. The SMILES string of the molecule is OCCc1ccccc1-c1cccnc1SSc1ncccc1-c1ccccc1CCO. The molecule has 0 amide bonds. The van der Waals surface area contributed by atoms with Crippen LogP contribution in [0.1, 0.15) is 11.1 Å². The lowest BCUT2D eigenvalue weighted by atomic mass is 9.99. The van der Waals surface area contributed by atoms with Crippen LogP contribution in [-0.4, -0.2) is 33.4 Å². The quantitative estimate of drug-likeness (QED) is 0.313. The number of pyridine rings is 2. The molecule has 0 aliphatic heterocycles. The Bertz CT molecular complexity index is 1090. The minimum absolute atomic E-state index is 0.110. The molecule has 0 bridgehead atoms. The Morgan fingerprint density at radius 1 is 0.531 bits per heavy atom. The number of hydrogen-bond donors (Lipinski definition) is 2. The van der Waals surface area contributed by atoms with E-state index in [1.165, 1.54) is 0 Å². The van der Waals surface area contributed by atoms with Gasteiger partial charge in [-0.25, -0.2) is 9.97 Å². The number of hydrogen-bond acceptors (Lipinski definition) is 6. The van der Waals surface area contributed by atoms with Crippen LogP contribution in [-0.2, 0) is 12.8 Å². The molecular weight excluding hydrogens is 436 g/mol. The predicted molar refractivity (Wildman–Crippen MR) is 133 cm³/mol. The highest BCUT2D eigenvalue weighted by atomic mass is 33.1. The van der Waals surface area contributed by atoms with E-state index in [1.807, 2.05) is 36.4 Å². The van der Waals surface area contributed by atoms with Crippen molar-refractivity contribution in [2.45, 2.75) is 22.9 Å². The standard InChI is InChI=1S/C26H24N2O2S2/c29-17-13-19-7-1-3-9-21(19)23-11-5-15-27-25(23)31-32-26-24(12-6-16-28-26)22-10-4-2-8-20(22)14-18-30/h1-12,15-16,29-30H,13-14,17-18H2. The fraction of sp³-hybridized carbons (Fsp3) is 0.154. The van der Waals surface area contributed by atoms with Gasteiger partial charge in [-0.05, 0) is 68.8 Å². The summed E-state index contributed by atoms with van der Waals surface area (Å²) in [6, 6.07) is 24.3. The van der Waals surface area contributed by atoms with E-state index in [9.17, 15) is 10.2 Å². The zero-order valence-electron chi connectivity index (χ0n) is 17.5. The molecule has 0 aliphatic carbocycles. The van der Waals surface area contributed by atoms with Gasteiger partial charge in [0.2, 0.25) is 0 Å². The van der Waals surface area contributed by atoms with Crippen LogP contribution in [0, 0.1) is 0 Å². The van der Waals surface area contributed by atoms with Gasteiger partial charge in [0.1, 0.15) is 10.1 Å². The van der Waals surface area contributed by atoms with Crippen LogP contribution in [0.3, 0.4) is 0 Å². The number of benzene rings is 2. The van der Waals surface area contributed by atoms with Gasteiger partial charge in [-0.3, -0.25) is 0 Å². The number of aliphatic hydroxyl groups is 2. The molecule has 0 unspecified atom stereocenters. The van der Waals surface area contributed by atoms with E-state index < -0.39 is 0 Å². The second-order valence-electron chi connectivity index (χ2n) is 7.14. The van der Waals surface area contributed by atoms with Gasteiger partial charge in [0.05, 0.1) is 0 Å². The first-order valence-corrected chi connectivity index (χ1v) is 12.6. The fourth-order valence-electron chi connectivity index (χ4n) is 3.65. The Hall–Kier alpha value is -2.64. The second-order valence-corrected chi connectivity index (χ2v) is 9.25. The van der Waals surface area contributed by atoms with Crippen LogP contribution in [0.25, 0.3) is 22.3 Å². The molecule has 162 valence electrons. The number of aromatic nitrogens is 2. The Morgan fingerprint density at radius 2 is 0.938 bits per heavy atom.